The Kier molecular flexibility index (Phi) is 6.80. The molecule has 5 nitrogen and oxygen atoms in total. The maximum Gasteiger partial charge on any atom is 0.271 e. The van der Waals surface area contributed by atoms with Crippen molar-refractivity contribution in [1.82, 2.24) is 5.43 Å². The van der Waals surface area contributed by atoms with Crippen molar-refractivity contribution in [1.29, 1.82) is 0 Å². The molecule has 0 unspecified atom stereocenters. The van der Waals surface area contributed by atoms with E-state index in [0.29, 0.717) is 27.5 Å². The van der Waals surface area contributed by atoms with Crippen LogP contribution in [-0.4, -0.2) is 17.5 Å². The zero-order valence-corrected chi connectivity index (χ0v) is 17.8. The van der Waals surface area contributed by atoms with Gasteiger partial charge in [0.15, 0.2) is 0 Å². The number of hydrogen-bond acceptors (Lipinski definition) is 3. The standard InChI is InChI=1S/C22H17BrClN3O2/c1-14(26-27-22(29)17-5-2-6-18(23)12-17)16-4-3-7-20(13-16)25-21(28)15-8-10-19(24)11-9-15/h2-13H,1H3,(H,25,28)(H,27,29). The van der Waals surface area contributed by atoms with Gasteiger partial charge < -0.3 is 5.32 Å². The molecule has 3 rings (SSSR count). The molecule has 0 radical (unpaired) electrons. The zero-order chi connectivity index (χ0) is 20.8. The maximum absolute atomic E-state index is 12.4. The van der Waals surface area contributed by atoms with Crippen LogP contribution in [0.3, 0.4) is 0 Å². The molecular formula is C22H17BrClN3O2. The zero-order valence-electron chi connectivity index (χ0n) is 15.4. The minimum absolute atomic E-state index is 0.239. The summed E-state index contributed by atoms with van der Waals surface area (Å²) in [5.41, 5.74) is 5.55. The van der Waals surface area contributed by atoms with Gasteiger partial charge >= 0.3 is 0 Å². The van der Waals surface area contributed by atoms with Crippen LogP contribution in [0.2, 0.25) is 5.02 Å². The number of halogens is 2. The van der Waals surface area contributed by atoms with Crippen molar-refractivity contribution >= 4 is 50.7 Å². The van der Waals surface area contributed by atoms with Gasteiger partial charge in [-0.3, -0.25) is 9.59 Å². The molecule has 29 heavy (non-hydrogen) atoms. The number of anilines is 1. The van der Waals surface area contributed by atoms with E-state index in [1.165, 1.54) is 0 Å². The van der Waals surface area contributed by atoms with Crippen molar-refractivity contribution in [3.05, 3.63) is 99.0 Å². The molecule has 0 fully saturated rings. The molecule has 0 bridgehead atoms. The van der Waals surface area contributed by atoms with Gasteiger partial charge in [-0.2, -0.15) is 5.10 Å². The third-order valence-corrected chi connectivity index (χ3v) is 4.80. The van der Waals surface area contributed by atoms with E-state index >= 15 is 0 Å². The normalized spacial score (nSPS) is 11.1. The Morgan fingerprint density at radius 3 is 2.28 bits per heavy atom. The minimum atomic E-state index is -0.308. The fourth-order valence-electron chi connectivity index (χ4n) is 2.52. The molecule has 0 saturated carbocycles. The van der Waals surface area contributed by atoms with Crippen molar-refractivity contribution in [2.24, 2.45) is 5.10 Å². The second-order valence-electron chi connectivity index (χ2n) is 6.19. The summed E-state index contributed by atoms with van der Waals surface area (Å²) in [6, 6.07) is 20.9. The SMILES string of the molecule is CC(=NNC(=O)c1cccc(Br)c1)c1cccc(NC(=O)c2ccc(Cl)cc2)c1. The van der Waals surface area contributed by atoms with E-state index in [1.807, 2.05) is 18.2 Å². The first-order valence-corrected chi connectivity index (χ1v) is 9.87. The molecule has 0 spiro atoms. The van der Waals surface area contributed by atoms with Crippen LogP contribution in [0.1, 0.15) is 33.2 Å². The van der Waals surface area contributed by atoms with Crippen molar-refractivity contribution in [3.8, 4) is 0 Å². The average Bonchev–Trinajstić information content (AvgIpc) is 2.72. The van der Waals surface area contributed by atoms with Crippen LogP contribution in [0.5, 0.6) is 0 Å². The molecule has 0 heterocycles. The topological polar surface area (TPSA) is 70.6 Å². The molecule has 0 aliphatic heterocycles. The largest absolute Gasteiger partial charge is 0.322 e. The molecule has 0 aliphatic rings. The molecule has 0 atom stereocenters. The molecule has 3 aromatic rings. The molecule has 0 aromatic heterocycles. The molecule has 0 aliphatic carbocycles. The highest BCUT2D eigenvalue weighted by molar-refractivity contribution is 9.10. The highest BCUT2D eigenvalue weighted by Crippen LogP contribution is 2.15. The third kappa shape index (κ3) is 5.76. The van der Waals surface area contributed by atoms with E-state index < -0.39 is 0 Å². The lowest BCUT2D eigenvalue weighted by Crippen LogP contribution is -2.19. The van der Waals surface area contributed by atoms with Crippen molar-refractivity contribution in [2.45, 2.75) is 6.92 Å². The van der Waals surface area contributed by atoms with E-state index in [1.54, 1.807) is 61.5 Å². The van der Waals surface area contributed by atoms with Crippen LogP contribution in [0, 0.1) is 0 Å². The van der Waals surface area contributed by atoms with Crippen LogP contribution < -0.4 is 10.7 Å². The summed E-state index contributed by atoms with van der Waals surface area (Å²) < 4.78 is 0.815. The van der Waals surface area contributed by atoms with Crippen molar-refractivity contribution < 1.29 is 9.59 Å². The summed E-state index contributed by atoms with van der Waals surface area (Å²) in [6.07, 6.45) is 0. The van der Waals surface area contributed by atoms with E-state index in [4.69, 9.17) is 11.6 Å². The maximum atomic E-state index is 12.4. The predicted molar refractivity (Wildman–Crippen MR) is 120 cm³/mol. The quantitative estimate of drug-likeness (QED) is 0.381. The second kappa shape index (κ2) is 9.49. The number of nitrogens with zero attached hydrogens (tertiary/aromatic N) is 1. The summed E-state index contributed by atoms with van der Waals surface area (Å²) in [7, 11) is 0. The van der Waals surface area contributed by atoms with Crippen LogP contribution in [0.4, 0.5) is 5.69 Å². The van der Waals surface area contributed by atoms with Gasteiger partial charge in [-0.1, -0.05) is 45.7 Å². The summed E-state index contributed by atoms with van der Waals surface area (Å²) in [5, 5.41) is 7.57. The van der Waals surface area contributed by atoms with Gasteiger partial charge in [0.1, 0.15) is 0 Å². The van der Waals surface area contributed by atoms with Gasteiger partial charge in [0.25, 0.3) is 11.8 Å². The summed E-state index contributed by atoms with van der Waals surface area (Å²) in [6.45, 7) is 1.78. The van der Waals surface area contributed by atoms with Crippen molar-refractivity contribution in [3.63, 3.8) is 0 Å². The highest BCUT2D eigenvalue weighted by Gasteiger charge is 2.08. The van der Waals surface area contributed by atoms with Crippen LogP contribution >= 0.6 is 27.5 Å². The van der Waals surface area contributed by atoms with Crippen LogP contribution in [0.15, 0.2) is 82.4 Å². The number of hydrogen-bond donors (Lipinski definition) is 2. The predicted octanol–water partition coefficient (Wildman–Crippen LogP) is 5.51. The Labute approximate surface area is 181 Å². The van der Waals surface area contributed by atoms with Gasteiger partial charge in [0.2, 0.25) is 0 Å². The number of carbonyl (C=O) groups excluding carboxylic acids is 2. The Bertz CT molecular complexity index is 1080. The fourth-order valence-corrected chi connectivity index (χ4v) is 3.05. The number of amides is 2. The molecule has 0 saturated heterocycles. The Hall–Kier alpha value is -2.96. The first-order chi connectivity index (χ1) is 13.9. The van der Waals surface area contributed by atoms with Gasteiger partial charge in [-0.25, -0.2) is 5.43 Å². The number of hydrazone groups is 1. The molecule has 2 amide bonds. The Balaban J connectivity index is 1.69. The number of rotatable bonds is 5. The smallest absolute Gasteiger partial charge is 0.271 e. The molecule has 146 valence electrons. The summed E-state index contributed by atoms with van der Waals surface area (Å²) in [4.78, 5) is 24.6. The van der Waals surface area contributed by atoms with Gasteiger partial charge in [0.05, 0.1) is 5.71 Å². The molecule has 3 aromatic carbocycles. The van der Waals surface area contributed by atoms with Gasteiger partial charge in [0, 0.05) is 26.3 Å². The van der Waals surface area contributed by atoms with E-state index in [9.17, 15) is 9.59 Å². The Morgan fingerprint density at radius 2 is 1.55 bits per heavy atom. The monoisotopic (exact) mass is 469 g/mol. The second-order valence-corrected chi connectivity index (χ2v) is 7.54. The van der Waals surface area contributed by atoms with E-state index in [2.05, 4.69) is 31.8 Å². The minimum Gasteiger partial charge on any atom is -0.322 e. The first kappa shape index (κ1) is 20.8. The fraction of sp³-hybridized carbons (Fsp3) is 0.0455. The number of nitrogens with one attached hydrogen (secondary N) is 2. The van der Waals surface area contributed by atoms with E-state index in [0.717, 1.165) is 10.0 Å². The number of benzene rings is 3. The van der Waals surface area contributed by atoms with Crippen LogP contribution in [-0.2, 0) is 0 Å². The Morgan fingerprint density at radius 1 is 0.862 bits per heavy atom. The highest BCUT2D eigenvalue weighted by atomic mass is 79.9. The first-order valence-electron chi connectivity index (χ1n) is 8.70. The number of carbonyl (C=O) groups is 2. The van der Waals surface area contributed by atoms with Crippen molar-refractivity contribution in [2.75, 3.05) is 5.32 Å². The third-order valence-electron chi connectivity index (χ3n) is 4.06. The lowest BCUT2D eigenvalue weighted by Gasteiger charge is -2.08. The lowest BCUT2D eigenvalue weighted by molar-refractivity contribution is 0.0954. The average molecular weight is 471 g/mol. The van der Waals surface area contributed by atoms with E-state index in [-0.39, 0.29) is 11.8 Å². The van der Waals surface area contributed by atoms with Gasteiger partial charge in [-0.15, -0.1) is 0 Å². The van der Waals surface area contributed by atoms with Gasteiger partial charge in [-0.05, 0) is 67.1 Å². The molecule has 2 N–H and O–H groups in total. The summed E-state index contributed by atoms with van der Waals surface area (Å²) >= 11 is 9.19. The lowest BCUT2D eigenvalue weighted by atomic mass is 10.1. The molecular weight excluding hydrogens is 454 g/mol. The van der Waals surface area contributed by atoms with Crippen LogP contribution in [0.25, 0.3) is 0 Å². The molecule has 7 heteroatoms. The summed E-state index contributed by atoms with van der Waals surface area (Å²) in [5.74, 6) is -0.547.